The number of carbonyl (C=O) groups excluding carboxylic acids is 2. The standard InChI is InChI=1S/C10H17N3O2/c1-12-9(14)8-3-2-4-13(8)10(15)6-5-7(6)11/h6-8H,2-5,11H2,1H3,(H,12,14). The average molecular weight is 211 g/mol. The van der Waals surface area contributed by atoms with Gasteiger partial charge in [0.15, 0.2) is 0 Å². The van der Waals surface area contributed by atoms with Gasteiger partial charge in [0.1, 0.15) is 6.04 Å². The molecular weight excluding hydrogens is 194 g/mol. The van der Waals surface area contributed by atoms with Crippen molar-refractivity contribution >= 4 is 11.8 Å². The Morgan fingerprint density at radius 3 is 2.67 bits per heavy atom. The van der Waals surface area contributed by atoms with Gasteiger partial charge in [-0.25, -0.2) is 0 Å². The van der Waals surface area contributed by atoms with Crippen LogP contribution in [0.2, 0.25) is 0 Å². The van der Waals surface area contributed by atoms with E-state index in [-0.39, 0.29) is 29.8 Å². The molecule has 2 rings (SSSR count). The van der Waals surface area contributed by atoms with Gasteiger partial charge in [0.25, 0.3) is 0 Å². The van der Waals surface area contributed by atoms with Crippen LogP contribution in [-0.2, 0) is 9.59 Å². The van der Waals surface area contributed by atoms with Crippen LogP contribution < -0.4 is 11.1 Å². The van der Waals surface area contributed by atoms with E-state index in [1.807, 2.05) is 0 Å². The number of hydrogen-bond acceptors (Lipinski definition) is 3. The zero-order valence-corrected chi connectivity index (χ0v) is 8.90. The minimum atomic E-state index is -0.268. The highest BCUT2D eigenvalue weighted by Crippen LogP contribution is 2.32. The van der Waals surface area contributed by atoms with Crippen LogP contribution in [-0.4, -0.2) is 42.4 Å². The maximum Gasteiger partial charge on any atom is 0.242 e. The molecule has 2 amide bonds. The molecule has 84 valence electrons. The van der Waals surface area contributed by atoms with Crippen molar-refractivity contribution in [2.45, 2.75) is 31.3 Å². The van der Waals surface area contributed by atoms with Crippen molar-refractivity contribution < 1.29 is 9.59 Å². The number of nitrogens with zero attached hydrogens (tertiary/aromatic N) is 1. The molecule has 1 saturated heterocycles. The van der Waals surface area contributed by atoms with Crippen LogP contribution >= 0.6 is 0 Å². The van der Waals surface area contributed by atoms with Crippen molar-refractivity contribution in [2.75, 3.05) is 13.6 Å². The minimum absolute atomic E-state index is 0.0171. The number of likely N-dealkylation sites (tertiary alicyclic amines) is 1. The van der Waals surface area contributed by atoms with E-state index in [1.165, 1.54) is 0 Å². The van der Waals surface area contributed by atoms with E-state index in [0.717, 1.165) is 19.3 Å². The van der Waals surface area contributed by atoms with Gasteiger partial charge < -0.3 is 16.0 Å². The Bertz CT molecular complexity index is 292. The summed E-state index contributed by atoms with van der Waals surface area (Å²) >= 11 is 0. The first-order chi connectivity index (χ1) is 7.15. The molecule has 5 nitrogen and oxygen atoms in total. The van der Waals surface area contributed by atoms with E-state index in [0.29, 0.717) is 6.54 Å². The molecule has 3 unspecified atom stereocenters. The smallest absolute Gasteiger partial charge is 0.242 e. The Morgan fingerprint density at radius 2 is 2.13 bits per heavy atom. The normalized spacial score (nSPS) is 34.0. The largest absolute Gasteiger partial charge is 0.357 e. The van der Waals surface area contributed by atoms with Gasteiger partial charge in [-0.2, -0.15) is 0 Å². The molecule has 2 aliphatic rings. The molecular formula is C10H17N3O2. The van der Waals surface area contributed by atoms with Gasteiger partial charge in [0, 0.05) is 19.6 Å². The molecule has 0 aromatic heterocycles. The number of likely N-dealkylation sites (N-methyl/N-ethyl adjacent to an activating group) is 1. The minimum Gasteiger partial charge on any atom is -0.357 e. The van der Waals surface area contributed by atoms with E-state index in [1.54, 1.807) is 11.9 Å². The fourth-order valence-corrected chi connectivity index (χ4v) is 2.18. The number of amides is 2. The van der Waals surface area contributed by atoms with Crippen LogP contribution in [0.5, 0.6) is 0 Å². The van der Waals surface area contributed by atoms with Crippen molar-refractivity contribution in [3.8, 4) is 0 Å². The summed E-state index contributed by atoms with van der Waals surface area (Å²) in [5, 5.41) is 2.60. The zero-order chi connectivity index (χ0) is 11.0. The molecule has 1 saturated carbocycles. The summed E-state index contributed by atoms with van der Waals surface area (Å²) in [5.41, 5.74) is 5.64. The highest BCUT2D eigenvalue weighted by Gasteiger charge is 2.45. The number of hydrogen-bond donors (Lipinski definition) is 2. The average Bonchev–Trinajstić information content (AvgIpc) is 2.79. The molecule has 3 atom stereocenters. The maximum atomic E-state index is 11.9. The van der Waals surface area contributed by atoms with Crippen molar-refractivity contribution in [1.29, 1.82) is 0 Å². The van der Waals surface area contributed by atoms with Gasteiger partial charge in [-0.15, -0.1) is 0 Å². The zero-order valence-electron chi connectivity index (χ0n) is 8.90. The van der Waals surface area contributed by atoms with Gasteiger partial charge in [0.2, 0.25) is 11.8 Å². The molecule has 0 bridgehead atoms. The molecule has 2 fully saturated rings. The van der Waals surface area contributed by atoms with Gasteiger partial charge in [-0.3, -0.25) is 9.59 Å². The molecule has 5 heteroatoms. The lowest BCUT2D eigenvalue weighted by Gasteiger charge is -2.23. The fraction of sp³-hybridized carbons (Fsp3) is 0.800. The predicted octanol–water partition coefficient (Wildman–Crippen LogP) is -0.929. The Balaban J connectivity index is 2.01. The number of rotatable bonds is 2. The summed E-state index contributed by atoms with van der Waals surface area (Å²) in [7, 11) is 1.60. The van der Waals surface area contributed by atoms with Crippen LogP contribution in [0.25, 0.3) is 0 Å². The predicted molar refractivity (Wildman–Crippen MR) is 54.9 cm³/mol. The summed E-state index contributed by atoms with van der Waals surface area (Å²) in [6.07, 6.45) is 2.45. The third-order valence-electron chi connectivity index (χ3n) is 3.24. The van der Waals surface area contributed by atoms with Crippen molar-refractivity contribution in [3.05, 3.63) is 0 Å². The summed E-state index contributed by atoms with van der Waals surface area (Å²) in [5.74, 6) is -0.0288. The van der Waals surface area contributed by atoms with Gasteiger partial charge in [0.05, 0.1) is 5.92 Å². The highest BCUT2D eigenvalue weighted by molar-refractivity contribution is 5.90. The summed E-state index contributed by atoms with van der Waals surface area (Å²) in [4.78, 5) is 25.1. The Labute approximate surface area is 89.0 Å². The lowest BCUT2D eigenvalue weighted by atomic mass is 10.2. The quantitative estimate of drug-likeness (QED) is 0.619. The molecule has 0 aromatic rings. The van der Waals surface area contributed by atoms with E-state index < -0.39 is 0 Å². The first-order valence-corrected chi connectivity index (χ1v) is 5.43. The number of nitrogens with two attached hydrogens (primary N) is 1. The Morgan fingerprint density at radius 1 is 1.47 bits per heavy atom. The molecule has 15 heavy (non-hydrogen) atoms. The number of nitrogens with one attached hydrogen (secondary N) is 1. The Kier molecular flexibility index (Phi) is 2.65. The van der Waals surface area contributed by atoms with Crippen LogP contribution in [0.3, 0.4) is 0 Å². The fourth-order valence-electron chi connectivity index (χ4n) is 2.18. The van der Waals surface area contributed by atoms with Gasteiger partial charge >= 0.3 is 0 Å². The van der Waals surface area contributed by atoms with E-state index in [9.17, 15) is 9.59 Å². The molecule has 0 aromatic carbocycles. The second kappa shape index (κ2) is 3.81. The van der Waals surface area contributed by atoms with Crippen LogP contribution in [0.4, 0.5) is 0 Å². The maximum absolute atomic E-state index is 11.9. The molecule has 3 N–H and O–H groups in total. The van der Waals surface area contributed by atoms with Crippen molar-refractivity contribution in [3.63, 3.8) is 0 Å². The highest BCUT2D eigenvalue weighted by atomic mass is 16.2. The third-order valence-corrected chi connectivity index (χ3v) is 3.24. The number of carbonyl (C=O) groups is 2. The van der Waals surface area contributed by atoms with Crippen molar-refractivity contribution in [1.82, 2.24) is 10.2 Å². The lowest BCUT2D eigenvalue weighted by molar-refractivity contribution is -0.139. The third kappa shape index (κ3) is 1.84. The lowest BCUT2D eigenvalue weighted by Crippen LogP contribution is -2.46. The first kappa shape index (κ1) is 10.4. The molecule has 1 aliphatic heterocycles. The van der Waals surface area contributed by atoms with E-state index in [2.05, 4.69) is 5.32 Å². The molecule has 0 radical (unpaired) electrons. The molecule has 1 heterocycles. The van der Waals surface area contributed by atoms with Gasteiger partial charge in [-0.05, 0) is 19.3 Å². The Hall–Kier alpha value is -1.10. The van der Waals surface area contributed by atoms with Crippen LogP contribution in [0.1, 0.15) is 19.3 Å². The summed E-state index contributed by atoms with van der Waals surface area (Å²) in [6.45, 7) is 0.695. The van der Waals surface area contributed by atoms with Gasteiger partial charge in [-0.1, -0.05) is 0 Å². The van der Waals surface area contributed by atoms with Crippen LogP contribution in [0, 0.1) is 5.92 Å². The molecule has 0 spiro atoms. The topological polar surface area (TPSA) is 75.4 Å². The van der Waals surface area contributed by atoms with Crippen molar-refractivity contribution in [2.24, 2.45) is 11.7 Å². The second-order valence-corrected chi connectivity index (χ2v) is 4.31. The summed E-state index contributed by atoms with van der Waals surface area (Å²) in [6, 6.07) is -0.251. The monoisotopic (exact) mass is 211 g/mol. The molecule has 1 aliphatic carbocycles. The summed E-state index contributed by atoms with van der Waals surface area (Å²) < 4.78 is 0. The van der Waals surface area contributed by atoms with E-state index >= 15 is 0 Å². The van der Waals surface area contributed by atoms with Crippen LogP contribution in [0.15, 0.2) is 0 Å². The first-order valence-electron chi connectivity index (χ1n) is 5.43. The van der Waals surface area contributed by atoms with E-state index in [4.69, 9.17) is 5.73 Å². The SMILES string of the molecule is CNC(=O)C1CCCN1C(=O)C1CC1N. The second-order valence-electron chi connectivity index (χ2n) is 4.31.